The maximum atomic E-state index is 5.85. The summed E-state index contributed by atoms with van der Waals surface area (Å²) in [6.45, 7) is 3.54. The van der Waals surface area contributed by atoms with Crippen LogP contribution in [0, 0.1) is 0 Å². The molecule has 9 heteroatoms. The first kappa shape index (κ1) is 23.6. The van der Waals surface area contributed by atoms with E-state index in [9.17, 15) is 0 Å². The molecule has 2 aromatic carbocycles. The van der Waals surface area contributed by atoms with Crippen LogP contribution in [0.2, 0.25) is 30.1 Å². The summed E-state index contributed by atoms with van der Waals surface area (Å²) in [6.07, 6.45) is 1.47. The predicted molar refractivity (Wildman–Crippen MR) is 118 cm³/mol. The first-order valence-electron chi connectivity index (χ1n) is 6.23. The molecule has 0 fully saturated rings. The van der Waals surface area contributed by atoms with Gasteiger partial charge in [-0.2, -0.15) is 0 Å². The Morgan fingerprint density at radius 1 is 0.720 bits per heavy atom. The molecule has 0 nitrogen and oxygen atoms in total. The van der Waals surface area contributed by atoms with E-state index in [0.29, 0.717) is 16.1 Å². The Morgan fingerprint density at radius 2 is 1.16 bits per heavy atom. The number of halogens is 9. The molecule has 0 heterocycles. The van der Waals surface area contributed by atoms with E-state index in [1.165, 1.54) is 6.08 Å². The van der Waals surface area contributed by atoms with E-state index in [4.69, 9.17) is 104 Å². The van der Waals surface area contributed by atoms with Gasteiger partial charge in [-0.05, 0) is 6.07 Å². The van der Waals surface area contributed by atoms with Crippen molar-refractivity contribution in [2.45, 2.75) is 0 Å². The van der Waals surface area contributed by atoms with Crippen LogP contribution in [0.15, 0.2) is 35.3 Å². The minimum atomic E-state index is 0.0183. The summed E-state index contributed by atoms with van der Waals surface area (Å²) in [4.78, 5) is 0. The molecule has 0 aliphatic heterocycles. The third kappa shape index (κ3) is 6.01. The molecule has 0 N–H and O–H groups in total. The lowest BCUT2D eigenvalue weighted by Gasteiger charge is -2.08. The second-order valence-corrected chi connectivity index (χ2v) is 7.87. The number of hydrogen-bond donors (Lipinski definition) is 0. The van der Waals surface area contributed by atoms with Gasteiger partial charge in [-0.3, -0.25) is 0 Å². The molecule has 0 aliphatic rings. The lowest BCUT2D eigenvalue weighted by atomic mass is 10.2. The van der Waals surface area contributed by atoms with Crippen molar-refractivity contribution in [3.63, 3.8) is 0 Å². The molecule has 0 bridgehead atoms. The summed E-state index contributed by atoms with van der Waals surface area (Å²) in [6, 6.07) is 7.07. The van der Waals surface area contributed by atoms with Gasteiger partial charge in [0.25, 0.3) is 0 Å². The van der Waals surface area contributed by atoms with Gasteiger partial charge < -0.3 is 0 Å². The third-order valence-corrected chi connectivity index (χ3v) is 6.32. The van der Waals surface area contributed by atoms with Crippen LogP contribution in [0.4, 0.5) is 0 Å². The van der Waals surface area contributed by atoms with Gasteiger partial charge in [-0.15, -0.1) is 0 Å². The van der Waals surface area contributed by atoms with Crippen molar-refractivity contribution in [2.75, 3.05) is 0 Å². The molecule has 0 aliphatic carbocycles. The molecule has 0 spiro atoms. The Morgan fingerprint density at radius 3 is 1.56 bits per heavy atom. The van der Waals surface area contributed by atoms with E-state index in [0.717, 1.165) is 0 Å². The maximum absolute atomic E-state index is 5.85. The van der Waals surface area contributed by atoms with Gasteiger partial charge in [0.1, 0.15) is 4.49 Å². The van der Waals surface area contributed by atoms with Crippen molar-refractivity contribution in [3.05, 3.63) is 76.6 Å². The molecule has 2 aromatic rings. The Balaban J connectivity index is 0.000000251. The Labute approximate surface area is 190 Å². The Hall–Kier alpha value is 0.530. The normalized spacial score (nSPS) is 9.96. The fourth-order valence-electron chi connectivity index (χ4n) is 1.54. The maximum Gasteiger partial charge on any atom is 0.126 e. The number of hydrogen-bond acceptors (Lipinski definition) is 0. The highest BCUT2D eigenvalue weighted by Crippen LogP contribution is 2.44. The van der Waals surface area contributed by atoms with E-state index in [2.05, 4.69) is 6.58 Å². The average molecular weight is 518 g/mol. The molecule has 0 radical (unpaired) electrons. The number of rotatable bonds is 2. The van der Waals surface area contributed by atoms with E-state index >= 15 is 0 Å². The standard InChI is InChI=1S/C8H3Cl5.C8H4Cl4/c1-2-3-4(9)6(11)8(13)7(12)5(3)10;9-6-4-2-1-3-5(6)7(10)8(11)12/h2H,1H2;1-4H. The van der Waals surface area contributed by atoms with Crippen molar-refractivity contribution < 1.29 is 0 Å². The monoisotopic (exact) mass is 514 g/mol. The number of benzene rings is 2. The molecular weight excluding hydrogens is 511 g/mol. The van der Waals surface area contributed by atoms with Crippen LogP contribution in [0.1, 0.15) is 11.1 Å². The molecule has 0 aromatic heterocycles. The topological polar surface area (TPSA) is 0 Å². The van der Waals surface area contributed by atoms with Crippen LogP contribution >= 0.6 is 104 Å². The second-order valence-electron chi connectivity index (χ2n) is 4.24. The molecule has 0 amide bonds. The molecule has 0 unspecified atom stereocenters. The zero-order valence-corrected chi connectivity index (χ0v) is 18.8. The summed E-state index contributed by atoms with van der Waals surface area (Å²) in [5.74, 6) is 0. The summed E-state index contributed by atoms with van der Waals surface area (Å²) in [5.41, 5.74) is 1.13. The van der Waals surface area contributed by atoms with Crippen molar-refractivity contribution in [1.29, 1.82) is 0 Å². The van der Waals surface area contributed by atoms with Crippen LogP contribution < -0.4 is 0 Å². The smallest absolute Gasteiger partial charge is 0.0984 e. The minimum absolute atomic E-state index is 0.0183. The van der Waals surface area contributed by atoms with Gasteiger partial charge in [0.05, 0.1) is 30.1 Å². The quantitative estimate of drug-likeness (QED) is 0.274. The van der Waals surface area contributed by atoms with E-state index in [-0.39, 0.29) is 34.6 Å². The lowest BCUT2D eigenvalue weighted by Crippen LogP contribution is -1.83. The SMILES string of the molecule is C=Cc1c(Cl)c(Cl)c(Cl)c(Cl)c1Cl.ClC(Cl)=C(Cl)c1ccccc1Cl. The summed E-state index contributed by atoms with van der Waals surface area (Å²) < 4.78 is 0.0183. The van der Waals surface area contributed by atoms with Gasteiger partial charge in [0, 0.05) is 16.1 Å². The highest BCUT2D eigenvalue weighted by molar-refractivity contribution is 6.67. The van der Waals surface area contributed by atoms with Crippen LogP contribution in [0.25, 0.3) is 11.1 Å². The van der Waals surface area contributed by atoms with Crippen molar-refractivity contribution in [2.24, 2.45) is 0 Å². The molecule has 0 saturated carbocycles. The molecular formula is C16H7Cl9. The van der Waals surface area contributed by atoms with Gasteiger partial charge in [-0.1, -0.05) is 135 Å². The van der Waals surface area contributed by atoms with Gasteiger partial charge in [0.15, 0.2) is 0 Å². The lowest BCUT2D eigenvalue weighted by molar-refractivity contribution is 1.65. The van der Waals surface area contributed by atoms with Gasteiger partial charge in [-0.25, -0.2) is 0 Å². The first-order valence-corrected chi connectivity index (χ1v) is 9.63. The van der Waals surface area contributed by atoms with E-state index in [1.807, 2.05) is 0 Å². The molecule has 0 saturated heterocycles. The highest BCUT2D eigenvalue weighted by Gasteiger charge is 2.16. The minimum Gasteiger partial charge on any atom is -0.0984 e. The van der Waals surface area contributed by atoms with E-state index in [1.54, 1.807) is 24.3 Å². The van der Waals surface area contributed by atoms with Crippen molar-refractivity contribution >= 4 is 116 Å². The zero-order valence-electron chi connectivity index (χ0n) is 12.0. The van der Waals surface area contributed by atoms with Crippen LogP contribution in [-0.4, -0.2) is 0 Å². The zero-order chi connectivity index (χ0) is 19.3. The molecule has 134 valence electrons. The van der Waals surface area contributed by atoms with E-state index < -0.39 is 0 Å². The predicted octanol–water partition coefficient (Wildman–Crippen LogP) is 10.3. The van der Waals surface area contributed by atoms with Crippen LogP contribution in [-0.2, 0) is 0 Å². The van der Waals surface area contributed by atoms with Crippen molar-refractivity contribution in [1.82, 2.24) is 0 Å². The van der Waals surface area contributed by atoms with Crippen LogP contribution in [0.3, 0.4) is 0 Å². The van der Waals surface area contributed by atoms with Gasteiger partial charge >= 0.3 is 0 Å². The van der Waals surface area contributed by atoms with Crippen molar-refractivity contribution in [3.8, 4) is 0 Å². The molecule has 0 atom stereocenters. The molecule has 25 heavy (non-hydrogen) atoms. The Kier molecular flexibility index (Phi) is 10.1. The van der Waals surface area contributed by atoms with Crippen LogP contribution in [0.5, 0.6) is 0 Å². The summed E-state index contributed by atoms with van der Waals surface area (Å²) in [7, 11) is 0. The average Bonchev–Trinajstić information content (AvgIpc) is 2.59. The third-order valence-electron chi connectivity index (χ3n) is 2.72. The highest BCUT2D eigenvalue weighted by atomic mass is 35.5. The molecule has 2 rings (SSSR count). The fraction of sp³-hybridized carbons (Fsp3) is 0. The fourth-order valence-corrected chi connectivity index (χ4v) is 3.50. The second kappa shape index (κ2) is 10.8. The first-order chi connectivity index (χ1) is 11.6. The summed E-state index contributed by atoms with van der Waals surface area (Å²) >= 11 is 51.6. The summed E-state index contributed by atoms with van der Waals surface area (Å²) in [5, 5.41) is 1.85. The largest absolute Gasteiger partial charge is 0.126 e. The van der Waals surface area contributed by atoms with Gasteiger partial charge in [0.2, 0.25) is 0 Å². The Bertz CT molecular complexity index is 792.